The van der Waals surface area contributed by atoms with Crippen LogP contribution < -0.4 is 10.2 Å². The molecule has 2 N–H and O–H groups in total. The fourth-order valence-corrected chi connectivity index (χ4v) is 2.73. The van der Waals surface area contributed by atoms with E-state index in [9.17, 15) is 5.11 Å². The van der Waals surface area contributed by atoms with E-state index in [-0.39, 0.29) is 5.75 Å². The molecular formula is C21H21BrN4O2. The third-order valence-electron chi connectivity index (χ3n) is 3.81. The van der Waals surface area contributed by atoms with Gasteiger partial charge in [0.25, 0.3) is 0 Å². The maximum absolute atomic E-state index is 10.1. The minimum Gasteiger partial charge on any atom is -0.507 e. The second-order valence-electron chi connectivity index (χ2n) is 6.16. The van der Waals surface area contributed by atoms with Gasteiger partial charge in [0.1, 0.15) is 11.5 Å². The van der Waals surface area contributed by atoms with E-state index in [0.717, 1.165) is 22.2 Å². The number of nitrogens with zero attached hydrogens (tertiary/aromatic N) is 3. The van der Waals surface area contributed by atoms with Gasteiger partial charge in [-0.2, -0.15) is 5.10 Å². The molecule has 0 atom stereocenters. The molecule has 1 heterocycles. The Hall–Kier alpha value is -2.93. The molecule has 0 radical (unpaired) electrons. The first kappa shape index (κ1) is 19.8. The number of halogens is 1. The number of aromatic hydroxyl groups is 1. The number of hydrogen-bond donors (Lipinski definition) is 2. The number of hydrazone groups is 1. The molecule has 6 nitrogen and oxygen atoms in total. The number of ether oxygens (including phenoxy) is 1. The lowest BCUT2D eigenvalue weighted by Gasteiger charge is -2.07. The van der Waals surface area contributed by atoms with Crippen LogP contribution in [0.2, 0.25) is 0 Å². The number of anilines is 1. The van der Waals surface area contributed by atoms with Crippen molar-refractivity contribution in [3.8, 4) is 22.9 Å². The molecule has 1 aromatic heterocycles. The summed E-state index contributed by atoms with van der Waals surface area (Å²) in [7, 11) is 0. The zero-order valence-electron chi connectivity index (χ0n) is 15.7. The standard InChI is InChI=1S/C21H21BrN4O2/c1-3-10-28-18-9-6-16(19(27)12-18)13-23-26-20-11-14(2)24-21(25-20)15-4-7-17(22)8-5-15/h4-9,11-13,27H,3,10H2,1-2H3,(H,24,25,26)/b23-13+. The summed E-state index contributed by atoms with van der Waals surface area (Å²) in [6.45, 7) is 4.55. The molecule has 0 spiro atoms. The Morgan fingerprint density at radius 3 is 2.64 bits per heavy atom. The van der Waals surface area contributed by atoms with Crippen LogP contribution in [0.4, 0.5) is 5.82 Å². The zero-order chi connectivity index (χ0) is 19.9. The quantitative estimate of drug-likeness (QED) is 0.391. The minimum absolute atomic E-state index is 0.105. The molecule has 0 saturated carbocycles. The summed E-state index contributed by atoms with van der Waals surface area (Å²) in [6, 6.07) is 14.7. The second-order valence-corrected chi connectivity index (χ2v) is 7.08. The van der Waals surface area contributed by atoms with Crippen molar-refractivity contribution in [1.82, 2.24) is 9.97 Å². The van der Waals surface area contributed by atoms with E-state index in [0.29, 0.717) is 29.6 Å². The lowest BCUT2D eigenvalue weighted by atomic mass is 10.2. The molecular weight excluding hydrogens is 420 g/mol. The predicted octanol–water partition coefficient (Wildman–Crippen LogP) is 5.15. The van der Waals surface area contributed by atoms with Crippen LogP contribution >= 0.6 is 15.9 Å². The van der Waals surface area contributed by atoms with Gasteiger partial charge in [0, 0.05) is 33.4 Å². The molecule has 0 aliphatic rings. The van der Waals surface area contributed by atoms with E-state index in [1.54, 1.807) is 24.3 Å². The summed E-state index contributed by atoms with van der Waals surface area (Å²) in [6.07, 6.45) is 2.45. The van der Waals surface area contributed by atoms with Crippen molar-refractivity contribution >= 4 is 28.0 Å². The largest absolute Gasteiger partial charge is 0.507 e. The van der Waals surface area contributed by atoms with Crippen LogP contribution in [0.25, 0.3) is 11.4 Å². The van der Waals surface area contributed by atoms with Crippen LogP contribution in [0, 0.1) is 6.92 Å². The number of nitrogens with one attached hydrogen (secondary N) is 1. The van der Waals surface area contributed by atoms with E-state index in [4.69, 9.17) is 4.74 Å². The lowest BCUT2D eigenvalue weighted by Crippen LogP contribution is -1.99. The Bertz CT molecular complexity index is 975. The van der Waals surface area contributed by atoms with Gasteiger partial charge in [-0.25, -0.2) is 9.97 Å². The van der Waals surface area contributed by atoms with E-state index < -0.39 is 0 Å². The molecule has 7 heteroatoms. The third kappa shape index (κ3) is 5.29. The first-order valence-electron chi connectivity index (χ1n) is 8.91. The monoisotopic (exact) mass is 440 g/mol. The van der Waals surface area contributed by atoms with Crippen molar-refractivity contribution in [3.05, 3.63) is 64.3 Å². The van der Waals surface area contributed by atoms with Gasteiger partial charge in [-0.15, -0.1) is 0 Å². The Labute approximate surface area is 172 Å². The molecule has 144 valence electrons. The third-order valence-corrected chi connectivity index (χ3v) is 4.34. The van der Waals surface area contributed by atoms with Crippen LogP contribution in [-0.2, 0) is 0 Å². The zero-order valence-corrected chi connectivity index (χ0v) is 17.3. The summed E-state index contributed by atoms with van der Waals surface area (Å²) >= 11 is 3.43. The highest BCUT2D eigenvalue weighted by atomic mass is 79.9. The first-order valence-corrected chi connectivity index (χ1v) is 9.71. The molecule has 28 heavy (non-hydrogen) atoms. The lowest BCUT2D eigenvalue weighted by molar-refractivity contribution is 0.315. The highest BCUT2D eigenvalue weighted by molar-refractivity contribution is 9.10. The van der Waals surface area contributed by atoms with Crippen LogP contribution in [0.3, 0.4) is 0 Å². The summed E-state index contributed by atoms with van der Waals surface area (Å²) in [4.78, 5) is 8.98. The van der Waals surface area contributed by atoms with Crippen molar-refractivity contribution in [3.63, 3.8) is 0 Å². The predicted molar refractivity (Wildman–Crippen MR) is 115 cm³/mol. The highest BCUT2D eigenvalue weighted by Gasteiger charge is 2.05. The van der Waals surface area contributed by atoms with Gasteiger partial charge in [0.2, 0.25) is 0 Å². The van der Waals surface area contributed by atoms with E-state index >= 15 is 0 Å². The smallest absolute Gasteiger partial charge is 0.161 e. The van der Waals surface area contributed by atoms with E-state index in [1.165, 1.54) is 6.21 Å². The molecule has 2 aromatic carbocycles. The van der Waals surface area contributed by atoms with Crippen LogP contribution in [0.15, 0.2) is 58.1 Å². The number of rotatable bonds is 7. The number of aryl methyl sites for hydroxylation is 1. The first-order chi connectivity index (χ1) is 13.5. The summed E-state index contributed by atoms with van der Waals surface area (Å²) in [5.41, 5.74) is 5.22. The van der Waals surface area contributed by atoms with Crippen LogP contribution in [-0.4, -0.2) is 27.9 Å². The van der Waals surface area contributed by atoms with Crippen LogP contribution in [0.5, 0.6) is 11.5 Å². The molecule has 0 fully saturated rings. The molecule has 0 saturated heterocycles. The topological polar surface area (TPSA) is 79.6 Å². The van der Waals surface area contributed by atoms with Crippen molar-refractivity contribution < 1.29 is 9.84 Å². The number of benzene rings is 2. The van der Waals surface area contributed by atoms with E-state index in [1.807, 2.05) is 38.1 Å². The summed E-state index contributed by atoms with van der Waals surface area (Å²) in [5.74, 6) is 1.93. The normalized spacial score (nSPS) is 11.0. The minimum atomic E-state index is 0.105. The van der Waals surface area contributed by atoms with Gasteiger partial charge in [-0.1, -0.05) is 35.0 Å². The molecule has 0 aliphatic heterocycles. The van der Waals surface area contributed by atoms with E-state index in [2.05, 4.69) is 36.4 Å². The fourth-order valence-electron chi connectivity index (χ4n) is 2.46. The van der Waals surface area contributed by atoms with Gasteiger partial charge in [-0.3, -0.25) is 5.43 Å². The Kier molecular flexibility index (Phi) is 6.60. The molecule has 0 amide bonds. The second kappa shape index (κ2) is 9.32. The highest BCUT2D eigenvalue weighted by Crippen LogP contribution is 2.23. The number of phenolic OH excluding ortho intramolecular Hbond substituents is 1. The van der Waals surface area contributed by atoms with Crippen molar-refractivity contribution in [2.45, 2.75) is 20.3 Å². The average Bonchev–Trinajstić information content (AvgIpc) is 2.68. The molecule has 0 aliphatic carbocycles. The van der Waals surface area contributed by atoms with Gasteiger partial charge >= 0.3 is 0 Å². The molecule has 3 aromatic rings. The molecule has 0 unspecified atom stereocenters. The van der Waals surface area contributed by atoms with Gasteiger partial charge < -0.3 is 9.84 Å². The maximum atomic E-state index is 10.1. The fraction of sp³-hybridized carbons (Fsp3) is 0.190. The number of hydrogen-bond acceptors (Lipinski definition) is 6. The van der Waals surface area contributed by atoms with Gasteiger partial charge in [0.15, 0.2) is 11.6 Å². The maximum Gasteiger partial charge on any atom is 0.161 e. The van der Waals surface area contributed by atoms with Gasteiger partial charge in [-0.05, 0) is 37.6 Å². The van der Waals surface area contributed by atoms with Crippen molar-refractivity contribution in [1.29, 1.82) is 0 Å². The molecule has 0 bridgehead atoms. The number of aromatic nitrogens is 2. The SMILES string of the molecule is CCCOc1ccc(/C=N/Nc2cc(C)nc(-c3ccc(Br)cc3)n2)c(O)c1. The van der Waals surface area contributed by atoms with Crippen LogP contribution in [0.1, 0.15) is 24.6 Å². The average molecular weight is 441 g/mol. The Morgan fingerprint density at radius 2 is 1.93 bits per heavy atom. The van der Waals surface area contributed by atoms with Crippen molar-refractivity contribution in [2.24, 2.45) is 5.10 Å². The van der Waals surface area contributed by atoms with Gasteiger partial charge in [0.05, 0.1) is 12.8 Å². The molecule has 3 rings (SSSR count). The number of phenols is 1. The Morgan fingerprint density at radius 1 is 1.14 bits per heavy atom. The summed E-state index contributed by atoms with van der Waals surface area (Å²) < 4.78 is 6.50. The van der Waals surface area contributed by atoms with Crippen molar-refractivity contribution in [2.75, 3.05) is 12.0 Å². The Balaban J connectivity index is 1.73. The summed E-state index contributed by atoms with van der Waals surface area (Å²) in [5, 5.41) is 14.3.